The van der Waals surface area contributed by atoms with Crippen molar-refractivity contribution in [2.45, 2.75) is 108 Å². The van der Waals surface area contributed by atoms with Crippen LogP contribution in [0, 0.1) is 0 Å². The lowest BCUT2D eigenvalue weighted by Gasteiger charge is -2.17. The maximum atomic E-state index is 2.52. The first-order chi connectivity index (χ1) is 14.8. The Morgan fingerprint density at radius 1 is 0.600 bits per heavy atom. The predicted molar refractivity (Wildman–Crippen MR) is 136 cm³/mol. The lowest BCUT2D eigenvalue weighted by atomic mass is 10.1. The van der Waals surface area contributed by atoms with Crippen LogP contribution in [-0.2, 0) is 6.42 Å². The molecular formula is C29H43Al. The molecule has 0 spiro atoms. The Morgan fingerprint density at radius 2 is 1.17 bits per heavy atom. The highest BCUT2D eigenvalue weighted by molar-refractivity contribution is 6.73. The molecule has 30 heavy (non-hydrogen) atoms. The van der Waals surface area contributed by atoms with Gasteiger partial charge in [-0.2, -0.15) is 0 Å². The summed E-state index contributed by atoms with van der Waals surface area (Å²) in [5, 5.41) is 3.04. The maximum absolute atomic E-state index is 2.52. The minimum absolute atomic E-state index is 0.886. The van der Waals surface area contributed by atoms with Gasteiger partial charge in [0, 0.05) is 0 Å². The van der Waals surface area contributed by atoms with Crippen molar-refractivity contribution in [1.82, 2.24) is 0 Å². The first-order valence-corrected chi connectivity index (χ1v) is 15.3. The molecule has 0 saturated heterocycles. The molecule has 3 rings (SSSR count). The molecule has 0 nitrogen and oxygen atoms in total. The molecule has 0 N–H and O–H groups in total. The number of unbranched alkanes of at least 4 members (excludes halogenated alkanes) is 10. The first kappa shape index (κ1) is 23.6. The van der Waals surface area contributed by atoms with E-state index in [4.69, 9.17) is 0 Å². The van der Waals surface area contributed by atoms with Crippen molar-refractivity contribution >= 4 is 18.6 Å². The van der Waals surface area contributed by atoms with E-state index in [1.807, 2.05) is 4.43 Å². The number of benzene rings is 2. The van der Waals surface area contributed by atoms with Crippen LogP contribution < -0.4 is 4.43 Å². The molecule has 0 fully saturated rings. The summed E-state index contributed by atoms with van der Waals surface area (Å²) >= 11 is -0.886. The quantitative estimate of drug-likeness (QED) is 0.171. The van der Waals surface area contributed by atoms with Gasteiger partial charge in [0.15, 0.2) is 0 Å². The van der Waals surface area contributed by atoms with E-state index >= 15 is 0 Å². The molecule has 1 aliphatic rings. The Morgan fingerprint density at radius 3 is 1.83 bits per heavy atom. The van der Waals surface area contributed by atoms with Crippen LogP contribution in [0.5, 0.6) is 0 Å². The van der Waals surface area contributed by atoms with Crippen LogP contribution >= 0.6 is 0 Å². The highest BCUT2D eigenvalue weighted by atomic mass is 27.2. The molecule has 0 unspecified atom stereocenters. The molecule has 0 amide bonds. The van der Waals surface area contributed by atoms with Gasteiger partial charge in [0.1, 0.15) is 0 Å². The van der Waals surface area contributed by atoms with Gasteiger partial charge in [-0.1, -0.05) is 144 Å². The molecule has 0 aliphatic heterocycles. The average Bonchev–Trinajstić information content (AvgIpc) is 3.16. The Kier molecular flexibility index (Phi) is 10.6. The molecule has 162 valence electrons. The predicted octanol–water partition coefficient (Wildman–Crippen LogP) is 8.68. The molecule has 2 aromatic rings. The van der Waals surface area contributed by atoms with Crippen molar-refractivity contribution in [3.8, 4) is 11.1 Å². The van der Waals surface area contributed by atoms with E-state index in [9.17, 15) is 0 Å². The summed E-state index contributed by atoms with van der Waals surface area (Å²) in [5.74, 6) is 0. The minimum atomic E-state index is -0.886. The third-order valence-electron chi connectivity index (χ3n) is 7.14. The molecule has 0 saturated carbocycles. The van der Waals surface area contributed by atoms with E-state index < -0.39 is 14.1 Å². The summed E-state index contributed by atoms with van der Waals surface area (Å²) in [6.45, 7) is 4.63. The van der Waals surface area contributed by atoms with Crippen molar-refractivity contribution in [2.24, 2.45) is 0 Å². The molecule has 0 bridgehead atoms. The SMILES string of the molecule is CCCCCCC[CH2][Al]([CH2]CCCCCCC)[c]1cccc2c1Cc1ccccc1-2. The monoisotopic (exact) mass is 418 g/mol. The van der Waals surface area contributed by atoms with Crippen LogP contribution in [-0.4, -0.2) is 14.1 Å². The van der Waals surface area contributed by atoms with E-state index in [0.29, 0.717) is 0 Å². The molecule has 0 radical (unpaired) electrons. The Balaban J connectivity index is 1.64. The minimum Gasteiger partial charge on any atom is -0.106 e. The molecule has 1 aliphatic carbocycles. The number of rotatable bonds is 15. The molecule has 0 heterocycles. The fourth-order valence-corrected chi connectivity index (χ4v) is 8.97. The van der Waals surface area contributed by atoms with Crippen LogP contribution in [0.3, 0.4) is 0 Å². The van der Waals surface area contributed by atoms with E-state index in [2.05, 4.69) is 56.3 Å². The van der Waals surface area contributed by atoms with Gasteiger partial charge in [-0.3, -0.25) is 0 Å². The second-order valence-corrected chi connectivity index (χ2v) is 12.7. The number of hydrogen-bond donors (Lipinski definition) is 0. The molecule has 0 atom stereocenters. The van der Waals surface area contributed by atoms with E-state index in [-0.39, 0.29) is 0 Å². The summed E-state index contributed by atoms with van der Waals surface area (Å²) in [4.78, 5) is 0. The Bertz CT molecular complexity index is 732. The van der Waals surface area contributed by atoms with Crippen LogP contribution in [0.1, 0.15) is 102 Å². The second kappa shape index (κ2) is 13.4. The third-order valence-corrected chi connectivity index (χ3v) is 10.8. The summed E-state index contributed by atoms with van der Waals surface area (Å²) in [6.07, 6.45) is 18.3. The van der Waals surface area contributed by atoms with Crippen LogP contribution in [0.2, 0.25) is 10.6 Å². The van der Waals surface area contributed by atoms with Crippen LogP contribution in [0.15, 0.2) is 42.5 Å². The molecule has 2 aromatic carbocycles. The van der Waals surface area contributed by atoms with Crippen molar-refractivity contribution in [2.75, 3.05) is 0 Å². The lowest BCUT2D eigenvalue weighted by molar-refractivity contribution is 0.617. The Hall–Kier alpha value is -1.03. The van der Waals surface area contributed by atoms with E-state index in [1.54, 1.807) is 16.7 Å². The van der Waals surface area contributed by atoms with Gasteiger partial charge in [0.05, 0.1) is 0 Å². The molecule has 0 aromatic heterocycles. The van der Waals surface area contributed by atoms with Crippen LogP contribution in [0.25, 0.3) is 11.1 Å². The largest absolute Gasteiger partial charge is 0.306 e. The smallest absolute Gasteiger partial charge is 0.106 e. The Labute approximate surface area is 190 Å². The van der Waals surface area contributed by atoms with E-state index in [1.165, 1.54) is 99.6 Å². The highest BCUT2D eigenvalue weighted by Gasteiger charge is 2.27. The van der Waals surface area contributed by atoms with Crippen LogP contribution in [0.4, 0.5) is 0 Å². The first-order valence-electron chi connectivity index (χ1n) is 13.0. The summed E-state index contributed by atoms with van der Waals surface area (Å²) in [5.41, 5.74) is 6.30. The van der Waals surface area contributed by atoms with Gasteiger partial charge in [0.25, 0.3) is 0 Å². The zero-order valence-corrected chi connectivity index (χ0v) is 20.9. The van der Waals surface area contributed by atoms with Crippen molar-refractivity contribution in [3.05, 3.63) is 53.6 Å². The van der Waals surface area contributed by atoms with Crippen molar-refractivity contribution < 1.29 is 0 Å². The summed E-state index contributed by atoms with van der Waals surface area (Å²) in [6, 6.07) is 16.4. The average molecular weight is 419 g/mol. The standard InChI is InChI=1S/C13H9.2C8H17.Al/c1-3-7-12-10(5-1)9-11-6-2-4-8-13(11)12;2*1-3-5-7-8-6-4-2;/h1-5,7-8H,9H2;2*1,3-8H2,2H3;. The van der Waals surface area contributed by atoms with Gasteiger partial charge in [0.2, 0.25) is 0 Å². The van der Waals surface area contributed by atoms with Gasteiger partial charge in [-0.25, -0.2) is 0 Å². The van der Waals surface area contributed by atoms with Crippen molar-refractivity contribution in [1.29, 1.82) is 0 Å². The molecule has 1 heteroatoms. The fourth-order valence-electron chi connectivity index (χ4n) is 5.36. The van der Waals surface area contributed by atoms with Gasteiger partial charge in [-0.05, 0) is 28.7 Å². The zero-order chi connectivity index (χ0) is 21.0. The molecular weight excluding hydrogens is 375 g/mol. The number of hydrogen-bond acceptors (Lipinski definition) is 0. The highest BCUT2D eigenvalue weighted by Crippen LogP contribution is 2.36. The second-order valence-electron chi connectivity index (χ2n) is 9.52. The maximum Gasteiger partial charge on any atom is 0.306 e. The summed E-state index contributed by atoms with van der Waals surface area (Å²) < 4.78 is 1.81. The van der Waals surface area contributed by atoms with Crippen molar-refractivity contribution in [3.63, 3.8) is 0 Å². The topological polar surface area (TPSA) is 0 Å². The normalized spacial score (nSPS) is 12.1. The van der Waals surface area contributed by atoms with E-state index in [0.717, 1.165) is 0 Å². The lowest BCUT2D eigenvalue weighted by Crippen LogP contribution is -2.32. The fraction of sp³-hybridized carbons (Fsp3) is 0.586. The van der Waals surface area contributed by atoms with Gasteiger partial charge >= 0.3 is 14.1 Å². The number of fused-ring (bicyclic) bond motifs is 3. The zero-order valence-electron chi connectivity index (χ0n) is 19.7. The van der Waals surface area contributed by atoms with Gasteiger partial charge < -0.3 is 0 Å². The summed E-state index contributed by atoms with van der Waals surface area (Å²) in [7, 11) is 0. The van der Waals surface area contributed by atoms with Gasteiger partial charge in [-0.15, -0.1) is 4.43 Å². The third kappa shape index (κ3) is 6.74.